The van der Waals surface area contributed by atoms with Crippen LogP contribution in [0.4, 0.5) is 4.39 Å². The molecule has 0 aliphatic carbocycles. The van der Waals surface area contributed by atoms with Crippen molar-refractivity contribution < 1.29 is 12.8 Å². The summed E-state index contributed by atoms with van der Waals surface area (Å²) >= 11 is 0. The highest BCUT2D eigenvalue weighted by Crippen LogP contribution is 2.18. The Balaban J connectivity index is 0.00000338. The third-order valence-corrected chi connectivity index (χ3v) is 5.77. The van der Waals surface area contributed by atoms with Gasteiger partial charge in [-0.25, -0.2) is 17.1 Å². The second kappa shape index (κ2) is 11.0. The van der Waals surface area contributed by atoms with E-state index in [1.165, 1.54) is 16.6 Å². The summed E-state index contributed by atoms with van der Waals surface area (Å²) < 4.78 is 38.2. The lowest BCUT2D eigenvalue weighted by Gasteiger charge is -2.30. The van der Waals surface area contributed by atoms with Crippen molar-refractivity contribution in [1.82, 2.24) is 14.9 Å². The topological polar surface area (TPSA) is 73.8 Å². The van der Waals surface area contributed by atoms with E-state index in [0.717, 1.165) is 19.4 Å². The first-order valence-electron chi connectivity index (χ1n) is 8.53. The van der Waals surface area contributed by atoms with Gasteiger partial charge in [-0.1, -0.05) is 18.2 Å². The summed E-state index contributed by atoms with van der Waals surface area (Å²) in [5.74, 6) is 0.912. The van der Waals surface area contributed by atoms with Gasteiger partial charge in [-0.15, -0.1) is 24.0 Å². The highest BCUT2D eigenvalue weighted by atomic mass is 127. The summed E-state index contributed by atoms with van der Waals surface area (Å²) in [6, 6.07) is 6.75. The fraction of sp³-hybridized carbons (Fsp3) is 0.588. The molecule has 1 aliphatic rings. The Hall–Kier alpha value is -0.940. The minimum Gasteiger partial charge on any atom is -0.356 e. The molecule has 0 spiro atoms. The van der Waals surface area contributed by atoms with E-state index in [1.54, 1.807) is 19.2 Å². The smallest absolute Gasteiger partial charge is 0.211 e. The van der Waals surface area contributed by atoms with E-state index in [9.17, 15) is 12.8 Å². The molecule has 6 nitrogen and oxygen atoms in total. The SMILES string of the molecule is CN=C(NCCc1ccccc1F)NCC1CCN(S(C)(=O)=O)CC1.I. The van der Waals surface area contributed by atoms with Crippen LogP contribution in [0.1, 0.15) is 18.4 Å². The molecule has 26 heavy (non-hydrogen) atoms. The number of sulfonamides is 1. The van der Waals surface area contributed by atoms with Crippen LogP contribution in [0.3, 0.4) is 0 Å². The van der Waals surface area contributed by atoms with Crippen LogP contribution >= 0.6 is 24.0 Å². The molecular formula is C17H28FIN4O2S. The Bertz CT molecular complexity index is 692. The van der Waals surface area contributed by atoms with E-state index < -0.39 is 10.0 Å². The van der Waals surface area contributed by atoms with Crippen LogP contribution in [0.5, 0.6) is 0 Å². The number of aliphatic imine (C=N–C) groups is 1. The van der Waals surface area contributed by atoms with Crippen molar-refractivity contribution in [1.29, 1.82) is 0 Å². The molecule has 2 rings (SSSR count). The van der Waals surface area contributed by atoms with Gasteiger partial charge < -0.3 is 10.6 Å². The maximum Gasteiger partial charge on any atom is 0.211 e. The molecule has 0 unspecified atom stereocenters. The largest absolute Gasteiger partial charge is 0.356 e. The molecule has 0 bridgehead atoms. The first kappa shape index (κ1) is 23.1. The molecule has 1 aromatic carbocycles. The van der Waals surface area contributed by atoms with E-state index in [4.69, 9.17) is 0 Å². The lowest BCUT2D eigenvalue weighted by atomic mass is 9.98. The lowest BCUT2D eigenvalue weighted by molar-refractivity contribution is 0.275. The number of nitrogens with one attached hydrogen (secondary N) is 2. The van der Waals surface area contributed by atoms with Crippen LogP contribution < -0.4 is 10.6 Å². The number of piperidine rings is 1. The van der Waals surface area contributed by atoms with Crippen molar-refractivity contribution in [3.63, 3.8) is 0 Å². The van der Waals surface area contributed by atoms with Crippen molar-refractivity contribution in [3.05, 3.63) is 35.6 Å². The summed E-state index contributed by atoms with van der Waals surface area (Å²) in [6.07, 6.45) is 3.52. The molecule has 0 atom stereocenters. The van der Waals surface area contributed by atoms with E-state index in [1.807, 2.05) is 6.07 Å². The molecule has 1 aromatic rings. The van der Waals surface area contributed by atoms with Gasteiger partial charge in [0.15, 0.2) is 5.96 Å². The van der Waals surface area contributed by atoms with Crippen molar-refractivity contribution in [2.45, 2.75) is 19.3 Å². The van der Waals surface area contributed by atoms with Crippen molar-refractivity contribution in [2.24, 2.45) is 10.9 Å². The maximum atomic E-state index is 13.6. The monoisotopic (exact) mass is 498 g/mol. The van der Waals surface area contributed by atoms with Crippen LogP contribution in [0, 0.1) is 11.7 Å². The van der Waals surface area contributed by atoms with Gasteiger partial charge in [-0.05, 0) is 36.8 Å². The fourth-order valence-electron chi connectivity index (χ4n) is 2.92. The highest BCUT2D eigenvalue weighted by molar-refractivity contribution is 14.0. The number of hydrogen-bond donors (Lipinski definition) is 2. The fourth-order valence-corrected chi connectivity index (χ4v) is 3.80. The first-order chi connectivity index (χ1) is 11.9. The molecule has 2 N–H and O–H groups in total. The number of nitrogens with zero attached hydrogens (tertiary/aromatic N) is 2. The third-order valence-electron chi connectivity index (χ3n) is 4.47. The molecule has 9 heteroatoms. The molecule has 148 valence electrons. The number of benzene rings is 1. The van der Waals surface area contributed by atoms with E-state index in [-0.39, 0.29) is 29.8 Å². The summed E-state index contributed by atoms with van der Waals surface area (Å²) in [5, 5.41) is 6.45. The summed E-state index contributed by atoms with van der Waals surface area (Å²) in [6.45, 7) is 2.49. The van der Waals surface area contributed by atoms with Crippen LogP contribution in [0.15, 0.2) is 29.3 Å². The predicted octanol–water partition coefficient (Wildman–Crippen LogP) is 1.82. The Morgan fingerprint density at radius 2 is 1.92 bits per heavy atom. The number of hydrogen-bond acceptors (Lipinski definition) is 3. The van der Waals surface area contributed by atoms with Gasteiger partial charge in [0.05, 0.1) is 6.26 Å². The maximum absolute atomic E-state index is 13.6. The van der Waals surface area contributed by atoms with Gasteiger partial charge in [-0.2, -0.15) is 0 Å². The number of halogens is 2. The van der Waals surface area contributed by atoms with Gasteiger partial charge in [0.25, 0.3) is 0 Å². The van der Waals surface area contributed by atoms with Crippen LogP contribution in [-0.4, -0.2) is 58.2 Å². The van der Waals surface area contributed by atoms with E-state index >= 15 is 0 Å². The van der Waals surface area contributed by atoms with Crippen LogP contribution in [-0.2, 0) is 16.4 Å². The zero-order chi connectivity index (χ0) is 18.3. The van der Waals surface area contributed by atoms with Crippen LogP contribution in [0.2, 0.25) is 0 Å². The Kier molecular flexibility index (Phi) is 9.80. The average molecular weight is 498 g/mol. The lowest BCUT2D eigenvalue weighted by Crippen LogP contribution is -2.44. The van der Waals surface area contributed by atoms with Crippen molar-refractivity contribution >= 4 is 40.0 Å². The number of rotatable bonds is 6. The quantitative estimate of drug-likeness (QED) is 0.357. The van der Waals surface area contributed by atoms with Gasteiger partial charge in [0.1, 0.15) is 5.82 Å². The van der Waals surface area contributed by atoms with Crippen molar-refractivity contribution in [3.8, 4) is 0 Å². The molecule has 0 aromatic heterocycles. The number of guanidine groups is 1. The summed E-state index contributed by atoms with van der Waals surface area (Å²) in [7, 11) is -1.38. The standard InChI is InChI=1S/C17H27FN4O2S.HI/c1-19-17(20-10-7-15-5-3-4-6-16(15)18)21-13-14-8-11-22(12-9-14)25(2,23)24;/h3-6,14H,7-13H2,1-2H3,(H2,19,20,21);1H. The van der Waals surface area contributed by atoms with Crippen molar-refractivity contribution in [2.75, 3.05) is 39.5 Å². The van der Waals surface area contributed by atoms with E-state index in [0.29, 0.717) is 43.5 Å². The normalized spacial score (nSPS) is 16.8. The molecule has 1 aliphatic heterocycles. The molecule has 0 saturated carbocycles. The Morgan fingerprint density at radius 3 is 2.50 bits per heavy atom. The predicted molar refractivity (Wildman–Crippen MR) is 114 cm³/mol. The molecular weight excluding hydrogens is 470 g/mol. The second-order valence-electron chi connectivity index (χ2n) is 6.33. The second-order valence-corrected chi connectivity index (χ2v) is 8.31. The minimum absolute atomic E-state index is 0. The molecule has 1 fully saturated rings. The molecule has 0 radical (unpaired) electrons. The zero-order valence-electron chi connectivity index (χ0n) is 15.2. The summed E-state index contributed by atoms with van der Waals surface area (Å²) in [4.78, 5) is 4.17. The van der Waals surface area contributed by atoms with Gasteiger partial charge in [0, 0.05) is 33.2 Å². The minimum atomic E-state index is -3.08. The Morgan fingerprint density at radius 1 is 1.27 bits per heavy atom. The average Bonchev–Trinajstić information content (AvgIpc) is 2.59. The molecule has 0 amide bonds. The first-order valence-corrected chi connectivity index (χ1v) is 10.4. The molecule has 1 heterocycles. The molecule has 1 saturated heterocycles. The van der Waals surface area contributed by atoms with Gasteiger partial charge in [-0.3, -0.25) is 4.99 Å². The van der Waals surface area contributed by atoms with Gasteiger partial charge >= 0.3 is 0 Å². The Labute approximate surface area is 172 Å². The zero-order valence-corrected chi connectivity index (χ0v) is 18.4. The summed E-state index contributed by atoms with van der Waals surface area (Å²) in [5.41, 5.74) is 0.679. The third kappa shape index (κ3) is 7.36. The van der Waals surface area contributed by atoms with Crippen LogP contribution in [0.25, 0.3) is 0 Å². The van der Waals surface area contributed by atoms with E-state index in [2.05, 4.69) is 15.6 Å². The van der Waals surface area contributed by atoms with Gasteiger partial charge in [0.2, 0.25) is 10.0 Å². The highest BCUT2D eigenvalue weighted by Gasteiger charge is 2.24.